The largest absolute Gasteiger partial charge is 0.379 e. The summed E-state index contributed by atoms with van der Waals surface area (Å²) in [5.41, 5.74) is 0.690. The molecule has 0 aromatic carbocycles. The van der Waals surface area contributed by atoms with E-state index in [0.29, 0.717) is 11.6 Å². The second kappa shape index (κ2) is 6.62. The molecule has 2 saturated heterocycles. The minimum absolute atomic E-state index is 0.0903. The molecule has 2 aliphatic rings. The number of likely N-dealkylation sites (tertiary alicyclic amines) is 1. The Morgan fingerprint density at radius 1 is 1.32 bits per heavy atom. The third-order valence-corrected chi connectivity index (χ3v) is 4.45. The van der Waals surface area contributed by atoms with Crippen molar-refractivity contribution in [2.75, 3.05) is 58.4 Å². The molecule has 2 aliphatic heterocycles. The van der Waals surface area contributed by atoms with Crippen LogP contribution in [0.1, 0.15) is 16.8 Å². The van der Waals surface area contributed by atoms with Gasteiger partial charge in [-0.05, 0) is 18.6 Å². The fourth-order valence-corrected chi connectivity index (χ4v) is 3.26. The molecular formula is C16H24N4O2. The topological polar surface area (TPSA) is 48.9 Å². The van der Waals surface area contributed by atoms with Crippen LogP contribution in [-0.2, 0) is 4.74 Å². The maximum Gasteiger partial charge on any atom is 0.257 e. The van der Waals surface area contributed by atoms with Crippen LogP contribution in [0.25, 0.3) is 0 Å². The fraction of sp³-hybridized carbons (Fsp3) is 0.625. The van der Waals surface area contributed by atoms with Crippen LogP contribution in [0.4, 0.5) is 5.82 Å². The molecule has 0 radical (unpaired) electrons. The molecule has 1 unspecified atom stereocenters. The molecule has 3 heterocycles. The molecule has 0 spiro atoms. The van der Waals surface area contributed by atoms with Gasteiger partial charge in [0.1, 0.15) is 5.82 Å². The van der Waals surface area contributed by atoms with Crippen molar-refractivity contribution < 1.29 is 9.53 Å². The summed E-state index contributed by atoms with van der Waals surface area (Å²) in [7, 11) is 3.83. The van der Waals surface area contributed by atoms with Crippen LogP contribution in [0.5, 0.6) is 0 Å². The lowest BCUT2D eigenvalue weighted by Gasteiger charge is -2.32. The SMILES string of the molecule is CN(C)c1ncccc1C(=O)N1CCC(N2CCOCC2)C1. The average Bonchev–Trinajstić information content (AvgIpc) is 3.05. The second-order valence-electron chi connectivity index (χ2n) is 6.11. The zero-order valence-electron chi connectivity index (χ0n) is 13.4. The minimum Gasteiger partial charge on any atom is -0.379 e. The molecule has 0 saturated carbocycles. The van der Waals surface area contributed by atoms with E-state index in [4.69, 9.17) is 4.74 Å². The van der Waals surface area contributed by atoms with Gasteiger partial charge in [-0.25, -0.2) is 4.98 Å². The molecule has 6 heteroatoms. The van der Waals surface area contributed by atoms with E-state index in [1.165, 1.54) is 0 Å². The Bertz CT molecular complexity index is 529. The van der Waals surface area contributed by atoms with Crippen LogP contribution < -0.4 is 4.90 Å². The molecule has 0 N–H and O–H groups in total. The van der Waals surface area contributed by atoms with E-state index >= 15 is 0 Å². The smallest absolute Gasteiger partial charge is 0.257 e. The summed E-state index contributed by atoms with van der Waals surface area (Å²) in [6.07, 6.45) is 2.77. The number of hydrogen-bond donors (Lipinski definition) is 0. The first-order chi connectivity index (χ1) is 10.7. The zero-order chi connectivity index (χ0) is 15.5. The van der Waals surface area contributed by atoms with Crippen LogP contribution in [0.3, 0.4) is 0 Å². The first-order valence-electron chi connectivity index (χ1n) is 7.90. The summed E-state index contributed by atoms with van der Waals surface area (Å²) in [5, 5.41) is 0. The number of hydrogen-bond acceptors (Lipinski definition) is 5. The van der Waals surface area contributed by atoms with Gasteiger partial charge >= 0.3 is 0 Å². The summed E-state index contributed by atoms with van der Waals surface area (Å²) < 4.78 is 5.41. The summed E-state index contributed by atoms with van der Waals surface area (Å²) in [4.78, 5) is 23.5. The lowest BCUT2D eigenvalue weighted by atomic mass is 10.2. The van der Waals surface area contributed by atoms with Gasteiger partial charge in [0.05, 0.1) is 18.8 Å². The Hall–Kier alpha value is -1.66. The first-order valence-corrected chi connectivity index (χ1v) is 7.90. The standard InChI is InChI=1S/C16H24N4O2/c1-18(2)15-14(4-3-6-17-15)16(21)20-7-5-13(12-20)19-8-10-22-11-9-19/h3-4,6,13H,5,7-12H2,1-2H3. The van der Waals surface area contributed by atoms with Gasteiger partial charge in [-0.2, -0.15) is 0 Å². The predicted molar refractivity (Wildman–Crippen MR) is 85.3 cm³/mol. The van der Waals surface area contributed by atoms with E-state index in [2.05, 4.69) is 9.88 Å². The number of rotatable bonds is 3. The van der Waals surface area contributed by atoms with Gasteiger partial charge in [0, 0.05) is 52.5 Å². The summed E-state index contributed by atoms with van der Waals surface area (Å²) in [5.74, 6) is 0.829. The van der Waals surface area contributed by atoms with Crippen LogP contribution in [0, 0.1) is 0 Å². The van der Waals surface area contributed by atoms with Crippen molar-refractivity contribution in [1.29, 1.82) is 0 Å². The van der Waals surface area contributed by atoms with Crippen molar-refractivity contribution in [2.24, 2.45) is 0 Å². The van der Waals surface area contributed by atoms with E-state index in [0.717, 1.165) is 51.6 Å². The molecule has 1 amide bonds. The highest BCUT2D eigenvalue weighted by Crippen LogP contribution is 2.22. The van der Waals surface area contributed by atoms with E-state index in [-0.39, 0.29) is 5.91 Å². The molecule has 120 valence electrons. The minimum atomic E-state index is 0.0903. The molecule has 2 fully saturated rings. The first kappa shape index (κ1) is 15.2. The van der Waals surface area contributed by atoms with Gasteiger partial charge in [-0.1, -0.05) is 0 Å². The molecule has 3 rings (SSSR count). The molecule has 1 aromatic rings. The average molecular weight is 304 g/mol. The highest BCUT2D eigenvalue weighted by atomic mass is 16.5. The van der Waals surface area contributed by atoms with Crippen molar-refractivity contribution in [3.8, 4) is 0 Å². The predicted octanol–water partition coefficient (Wildman–Crippen LogP) is 0.694. The Kier molecular flexibility index (Phi) is 4.59. The van der Waals surface area contributed by atoms with Gasteiger partial charge in [0.2, 0.25) is 0 Å². The number of ether oxygens (including phenoxy) is 1. The summed E-state index contributed by atoms with van der Waals surface area (Å²) in [6.45, 7) is 5.18. The van der Waals surface area contributed by atoms with Crippen molar-refractivity contribution in [1.82, 2.24) is 14.8 Å². The summed E-state index contributed by atoms with van der Waals surface area (Å²) in [6, 6.07) is 4.16. The van der Waals surface area contributed by atoms with Crippen LogP contribution in [0.2, 0.25) is 0 Å². The Labute approximate surface area is 131 Å². The second-order valence-corrected chi connectivity index (χ2v) is 6.11. The lowest BCUT2D eigenvalue weighted by Crippen LogP contribution is -2.45. The Morgan fingerprint density at radius 3 is 2.82 bits per heavy atom. The zero-order valence-corrected chi connectivity index (χ0v) is 13.4. The molecule has 0 bridgehead atoms. The van der Waals surface area contributed by atoms with Crippen LogP contribution in [0.15, 0.2) is 18.3 Å². The molecule has 1 aromatic heterocycles. The molecule has 22 heavy (non-hydrogen) atoms. The number of morpholine rings is 1. The Balaban J connectivity index is 1.69. The number of carbonyl (C=O) groups excluding carboxylic acids is 1. The van der Waals surface area contributed by atoms with Crippen molar-refractivity contribution in [3.63, 3.8) is 0 Å². The van der Waals surface area contributed by atoms with Crippen molar-refractivity contribution in [2.45, 2.75) is 12.5 Å². The number of aromatic nitrogens is 1. The Morgan fingerprint density at radius 2 is 2.09 bits per heavy atom. The molecule has 6 nitrogen and oxygen atoms in total. The highest BCUT2D eigenvalue weighted by molar-refractivity contribution is 5.99. The molecule has 0 aliphatic carbocycles. The monoisotopic (exact) mass is 304 g/mol. The third-order valence-electron chi connectivity index (χ3n) is 4.45. The van der Waals surface area contributed by atoms with Gasteiger partial charge in [-0.15, -0.1) is 0 Å². The van der Waals surface area contributed by atoms with Crippen molar-refractivity contribution >= 4 is 11.7 Å². The third kappa shape index (κ3) is 3.08. The maximum absolute atomic E-state index is 12.8. The quantitative estimate of drug-likeness (QED) is 0.822. The number of amides is 1. The van der Waals surface area contributed by atoms with Crippen LogP contribution >= 0.6 is 0 Å². The highest BCUT2D eigenvalue weighted by Gasteiger charge is 2.32. The van der Waals surface area contributed by atoms with E-state index in [1.54, 1.807) is 6.20 Å². The van der Waals surface area contributed by atoms with Gasteiger partial charge in [0.15, 0.2) is 0 Å². The lowest BCUT2D eigenvalue weighted by molar-refractivity contribution is 0.0185. The molecule has 1 atom stereocenters. The number of pyridine rings is 1. The number of anilines is 1. The number of nitrogens with zero attached hydrogens (tertiary/aromatic N) is 4. The van der Waals surface area contributed by atoms with E-state index in [9.17, 15) is 4.79 Å². The summed E-state index contributed by atoms with van der Waals surface area (Å²) >= 11 is 0. The van der Waals surface area contributed by atoms with E-state index < -0.39 is 0 Å². The number of carbonyl (C=O) groups is 1. The van der Waals surface area contributed by atoms with Gasteiger partial charge in [-0.3, -0.25) is 9.69 Å². The fourth-order valence-electron chi connectivity index (χ4n) is 3.26. The maximum atomic E-state index is 12.8. The van der Waals surface area contributed by atoms with Gasteiger partial charge < -0.3 is 14.5 Å². The molecular weight excluding hydrogens is 280 g/mol. The van der Waals surface area contributed by atoms with Crippen LogP contribution in [-0.4, -0.2) is 80.2 Å². The van der Waals surface area contributed by atoms with E-state index in [1.807, 2.05) is 36.0 Å². The normalized spacial score (nSPS) is 22.8. The van der Waals surface area contributed by atoms with Gasteiger partial charge in [0.25, 0.3) is 5.91 Å². The van der Waals surface area contributed by atoms with Crippen molar-refractivity contribution in [3.05, 3.63) is 23.9 Å².